The van der Waals surface area contributed by atoms with Crippen LogP contribution < -0.4 is 9.64 Å². The van der Waals surface area contributed by atoms with Crippen molar-refractivity contribution < 1.29 is 9.53 Å². The first-order chi connectivity index (χ1) is 10.1. The molecule has 0 radical (unpaired) electrons. The summed E-state index contributed by atoms with van der Waals surface area (Å²) in [6.45, 7) is 0.321. The first-order valence-corrected chi connectivity index (χ1v) is 6.97. The van der Waals surface area contributed by atoms with E-state index in [0.29, 0.717) is 11.7 Å². The highest BCUT2D eigenvalue weighted by molar-refractivity contribution is 7.80. The monoisotopic (exact) mass is 298 g/mol. The average molecular weight is 298 g/mol. The summed E-state index contributed by atoms with van der Waals surface area (Å²) in [4.78, 5) is 15.2. The zero-order chi connectivity index (χ0) is 14.8. The van der Waals surface area contributed by atoms with E-state index in [9.17, 15) is 4.79 Å². The number of nitrogens with zero attached hydrogens (tertiary/aromatic N) is 2. The Morgan fingerprint density at radius 2 is 1.62 bits per heavy atom. The van der Waals surface area contributed by atoms with Gasteiger partial charge in [0.25, 0.3) is 5.91 Å². The molecule has 0 aliphatic carbocycles. The van der Waals surface area contributed by atoms with E-state index in [4.69, 9.17) is 17.0 Å². The van der Waals surface area contributed by atoms with Crippen LogP contribution in [0, 0.1) is 0 Å². The van der Waals surface area contributed by atoms with Gasteiger partial charge < -0.3 is 9.64 Å². The topological polar surface area (TPSA) is 32.8 Å². The summed E-state index contributed by atoms with van der Waals surface area (Å²) in [6.07, 6.45) is 0. The second-order valence-corrected chi connectivity index (χ2v) is 5.14. The van der Waals surface area contributed by atoms with Crippen LogP contribution in [0.25, 0.3) is 0 Å². The molecular weight excluding hydrogens is 284 g/mol. The first kappa shape index (κ1) is 13.6. The van der Waals surface area contributed by atoms with Gasteiger partial charge in [0.1, 0.15) is 11.5 Å². The van der Waals surface area contributed by atoms with Gasteiger partial charge in [-0.1, -0.05) is 18.2 Å². The Hall–Kier alpha value is -2.40. The van der Waals surface area contributed by atoms with Crippen LogP contribution in [-0.2, 0) is 4.79 Å². The summed E-state index contributed by atoms with van der Waals surface area (Å²) in [5.74, 6) is 1.48. The quantitative estimate of drug-likeness (QED) is 0.815. The fourth-order valence-corrected chi connectivity index (χ4v) is 2.43. The zero-order valence-electron chi connectivity index (χ0n) is 11.5. The van der Waals surface area contributed by atoms with Gasteiger partial charge in [-0.3, -0.25) is 9.69 Å². The van der Waals surface area contributed by atoms with Crippen molar-refractivity contribution in [2.24, 2.45) is 0 Å². The molecule has 1 aliphatic rings. The molecule has 1 aliphatic heterocycles. The summed E-state index contributed by atoms with van der Waals surface area (Å²) >= 11 is 5.26. The lowest BCUT2D eigenvalue weighted by Crippen LogP contribution is -2.31. The number of likely N-dealkylation sites (N-methyl/N-ethyl adjacent to an activating group) is 1. The van der Waals surface area contributed by atoms with Crippen LogP contribution in [0.15, 0.2) is 54.6 Å². The Bertz CT molecular complexity index is 670. The van der Waals surface area contributed by atoms with E-state index in [1.807, 2.05) is 61.6 Å². The van der Waals surface area contributed by atoms with Gasteiger partial charge in [0.05, 0.1) is 12.2 Å². The van der Waals surface area contributed by atoms with Gasteiger partial charge in [-0.15, -0.1) is 0 Å². The molecule has 2 aromatic rings. The standard InChI is InChI=1S/C16H14N2O2S/c1-17-11-15(19)18(16(17)21)12-7-9-14(10-8-12)20-13-5-3-2-4-6-13/h2-10H,11H2,1H3. The van der Waals surface area contributed by atoms with E-state index in [0.717, 1.165) is 17.2 Å². The van der Waals surface area contributed by atoms with Crippen molar-refractivity contribution >= 4 is 28.9 Å². The maximum atomic E-state index is 11.9. The number of thiocarbonyl (C=S) groups is 1. The molecule has 5 heteroatoms. The second kappa shape index (κ2) is 5.54. The molecule has 106 valence electrons. The van der Waals surface area contributed by atoms with Crippen LogP contribution in [0.4, 0.5) is 5.69 Å². The third-order valence-corrected chi connectivity index (χ3v) is 3.71. The van der Waals surface area contributed by atoms with E-state index in [-0.39, 0.29) is 5.91 Å². The molecule has 0 unspecified atom stereocenters. The van der Waals surface area contributed by atoms with Gasteiger partial charge in [-0.05, 0) is 48.6 Å². The second-order valence-electron chi connectivity index (χ2n) is 4.78. The minimum absolute atomic E-state index is 0.0146. The highest BCUT2D eigenvalue weighted by Gasteiger charge is 2.31. The molecule has 0 aromatic heterocycles. The van der Waals surface area contributed by atoms with Crippen molar-refractivity contribution in [1.82, 2.24) is 4.90 Å². The van der Waals surface area contributed by atoms with Gasteiger partial charge in [0.15, 0.2) is 5.11 Å². The molecule has 0 atom stereocenters. The number of carbonyl (C=O) groups is 1. The van der Waals surface area contributed by atoms with Crippen LogP contribution >= 0.6 is 12.2 Å². The number of hydrogen-bond donors (Lipinski definition) is 0. The van der Waals surface area contributed by atoms with E-state index < -0.39 is 0 Å². The molecule has 21 heavy (non-hydrogen) atoms. The third-order valence-electron chi connectivity index (χ3n) is 3.21. The first-order valence-electron chi connectivity index (χ1n) is 6.56. The van der Waals surface area contributed by atoms with Crippen molar-refractivity contribution in [3.63, 3.8) is 0 Å². The molecule has 0 saturated carbocycles. The minimum atomic E-state index is -0.0146. The maximum Gasteiger partial charge on any atom is 0.252 e. The predicted molar refractivity (Wildman–Crippen MR) is 85.7 cm³/mol. The Kier molecular flexibility index (Phi) is 3.58. The smallest absolute Gasteiger partial charge is 0.252 e. The number of anilines is 1. The van der Waals surface area contributed by atoms with Gasteiger partial charge >= 0.3 is 0 Å². The molecule has 4 nitrogen and oxygen atoms in total. The molecule has 0 bridgehead atoms. The van der Waals surface area contributed by atoms with Gasteiger partial charge in [0.2, 0.25) is 0 Å². The van der Waals surface area contributed by atoms with Gasteiger partial charge in [-0.25, -0.2) is 0 Å². The average Bonchev–Trinajstić information content (AvgIpc) is 2.74. The largest absolute Gasteiger partial charge is 0.457 e. The zero-order valence-corrected chi connectivity index (χ0v) is 12.3. The van der Waals surface area contributed by atoms with E-state index >= 15 is 0 Å². The predicted octanol–water partition coefficient (Wildman–Crippen LogP) is 3.04. The van der Waals surface area contributed by atoms with Crippen LogP contribution in [0.3, 0.4) is 0 Å². The summed E-state index contributed by atoms with van der Waals surface area (Å²) in [7, 11) is 1.81. The Balaban J connectivity index is 1.78. The Morgan fingerprint density at radius 3 is 2.19 bits per heavy atom. The van der Waals surface area contributed by atoms with Crippen LogP contribution in [-0.4, -0.2) is 29.5 Å². The maximum absolute atomic E-state index is 11.9. The number of amides is 1. The number of carbonyl (C=O) groups excluding carboxylic acids is 1. The summed E-state index contributed by atoms with van der Waals surface area (Å²) in [5.41, 5.74) is 0.759. The Morgan fingerprint density at radius 1 is 1.00 bits per heavy atom. The van der Waals surface area contributed by atoms with E-state index in [2.05, 4.69) is 0 Å². The van der Waals surface area contributed by atoms with Crippen molar-refractivity contribution in [3.8, 4) is 11.5 Å². The van der Waals surface area contributed by atoms with Gasteiger partial charge in [0, 0.05) is 7.05 Å². The number of hydrogen-bond acceptors (Lipinski definition) is 3. The van der Waals surface area contributed by atoms with Crippen LogP contribution in [0.5, 0.6) is 11.5 Å². The minimum Gasteiger partial charge on any atom is -0.457 e. The lowest BCUT2D eigenvalue weighted by molar-refractivity contribution is -0.116. The summed E-state index contributed by atoms with van der Waals surface area (Å²) in [5, 5.41) is 0.525. The highest BCUT2D eigenvalue weighted by atomic mass is 32.1. The molecule has 1 saturated heterocycles. The number of ether oxygens (including phenoxy) is 1. The van der Waals surface area contributed by atoms with E-state index in [1.165, 1.54) is 0 Å². The summed E-state index contributed by atoms with van der Waals surface area (Å²) in [6, 6.07) is 16.9. The lowest BCUT2D eigenvalue weighted by atomic mass is 10.2. The van der Waals surface area contributed by atoms with E-state index in [1.54, 1.807) is 9.80 Å². The number of para-hydroxylation sites is 1. The van der Waals surface area contributed by atoms with Crippen molar-refractivity contribution in [1.29, 1.82) is 0 Å². The van der Waals surface area contributed by atoms with Crippen molar-refractivity contribution in [3.05, 3.63) is 54.6 Å². The normalized spacial score (nSPS) is 14.7. The fraction of sp³-hybridized carbons (Fsp3) is 0.125. The SMILES string of the molecule is CN1CC(=O)N(c2ccc(Oc3ccccc3)cc2)C1=S. The van der Waals surface area contributed by atoms with Crippen LogP contribution in [0.2, 0.25) is 0 Å². The van der Waals surface area contributed by atoms with Crippen molar-refractivity contribution in [2.75, 3.05) is 18.5 Å². The molecule has 3 rings (SSSR count). The highest BCUT2D eigenvalue weighted by Crippen LogP contribution is 2.26. The molecule has 1 fully saturated rings. The Labute approximate surface area is 128 Å². The van der Waals surface area contributed by atoms with Crippen LogP contribution in [0.1, 0.15) is 0 Å². The molecule has 0 spiro atoms. The summed E-state index contributed by atoms with van der Waals surface area (Å²) < 4.78 is 5.72. The molecule has 0 N–H and O–H groups in total. The molecule has 2 aromatic carbocycles. The molecule has 1 amide bonds. The van der Waals surface area contributed by atoms with Crippen molar-refractivity contribution in [2.45, 2.75) is 0 Å². The molecular formula is C16H14N2O2S. The van der Waals surface area contributed by atoms with Gasteiger partial charge in [-0.2, -0.15) is 0 Å². The molecule has 1 heterocycles. The fourth-order valence-electron chi connectivity index (χ4n) is 2.16. The lowest BCUT2D eigenvalue weighted by Gasteiger charge is -2.17. The number of benzene rings is 2. The third kappa shape index (κ3) is 2.73. The number of rotatable bonds is 3.